The summed E-state index contributed by atoms with van der Waals surface area (Å²) in [5.41, 5.74) is 0.0645. The summed E-state index contributed by atoms with van der Waals surface area (Å²) in [6, 6.07) is 14.1. The number of carbonyl (C=O) groups excluding carboxylic acids is 2. The fraction of sp³-hybridized carbons (Fsp3) is 0.400. The quantitative estimate of drug-likeness (QED) is 0.257. The average molecular weight is 505 g/mol. The van der Waals surface area contributed by atoms with E-state index in [-0.39, 0.29) is 17.7 Å². The molecule has 4 rings (SSSR count). The zero-order valence-electron chi connectivity index (χ0n) is 21.6. The third-order valence-electron chi connectivity index (χ3n) is 7.93. The second-order valence-electron chi connectivity index (χ2n) is 10.3. The summed E-state index contributed by atoms with van der Waals surface area (Å²) in [6.45, 7) is 7.23. The number of likely N-dealkylation sites (tertiary alicyclic amines) is 1. The number of hydrogen-bond donors (Lipinski definition) is 2. The molecule has 2 aromatic rings. The van der Waals surface area contributed by atoms with Crippen molar-refractivity contribution in [1.29, 1.82) is 0 Å². The van der Waals surface area contributed by atoms with E-state index in [2.05, 4.69) is 11.5 Å². The summed E-state index contributed by atoms with van der Waals surface area (Å²) < 4.78 is 5.37. The normalized spacial score (nSPS) is 25.9. The van der Waals surface area contributed by atoms with Crippen LogP contribution in [0, 0.1) is 0 Å². The maximum Gasteiger partial charge on any atom is 0.308 e. The van der Waals surface area contributed by atoms with E-state index in [9.17, 15) is 19.8 Å². The number of hydrogen-bond acceptors (Lipinski definition) is 6. The zero-order chi connectivity index (χ0) is 26.6. The van der Waals surface area contributed by atoms with Gasteiger partial charge >= 0.3 is 5.97 Å². The number of carbonyl (C=O) groups is 2. The van der Waals surface area contributed by atoms with E-state index in [1.54, 1.807) is 42.3 Å². The number of fused-ring (bicyclic) bond motifs is 1. The van der Waals surface area contributed by atoms with Crippen molar-refractivity contribution in [3.05, 3.63) is 78.4 Å². The van der Waals surface area contributed by atoms with Crippen molar-refractivity contribution in [3.8, 4) is 11.5 Å². The predicted octanol–water partition coefficient (Wildman–Crippen LogP) is 3.90. The van der Waals surface area contributed by atoms with Gasteiger partial charge in [-0.3, -0.25) is 14.5 Å². The lowest BCUT2D eigenvalue weighted by molar-refractivity contribution is -0.143. The maximum absolute atomic E-state index is 13.1. The van der Waals surface area contributed by atoms with E-state index in [1.165, 1.54) is 13.0 Å². The van der Waals surface area contributed by atoms with Crippen LogP contribution in [0.25, 0.3) is 6.08 Å². The summed E-state index contributed by atoms with van der Waals surface area (Å²) in [5, 5.41) is 21.8. The molecule has 7 heteroatoms. The fourth-order valence-corrected chi connectivity index (χ4v) is 6.02. The van der Waals surface area contributed by atoms with Crippen LogP contribution < -0.4 is 4.74 Å². The number of aliphatic hydroxyl groups is 1. The third kappa shape index (κ3) is 5.63. The first-order valence-corrected chi connectivity index (χ1v) is 12.7. The molecule has 2 aromatic carbocycles. The van der Waals surface area contributed by atoms with Crippen LogP contribution in [0.5, 0.6) is 11.5 Å². The molecule has 2 N–H and O–H groups in total. The van der Waals surface area contributed by atoms with Gasteiger partial charge in [-0.05, 0) is 73.7 Å². The highest BCUT2D eigenvalue weighted by Gasteiger charge is 2.58. The molecule has 0 aromatic heterocycles. The SMILES string of the molecule is C=CCN1CCC2(c3cccc(OC(C)=O)c3)CC(N(C)C(=O)/C=C/c3cccc(O)c3)CCC2(O)C1. The number of amides is 1. The van der Waals surface area contributed by atoms with Crippen LogP contribution in [0.4, 0.5) is 0 Å². The molecule has 1 heterocycles. The van der Waals surface area contributed by atoms with Gasteiger partial charge in [0.25, 0.3) is 0 Å². The molecule has 3 unspecified atom stereocenters. The van der Waals surface area contributed by atoms with Gasteiger partial charge in [0.2, 0.25) is 5.91 Å². The molecule has 2 aliphatic rings. The van der Waals surface area contributed by atoms with Crippen LogP contribution in [0.15, 0.2) is 67.3 Å². The van der Waals surface area contributed by atoms with Gasteiger partial charge in [-0.15, -0.1) is 6.58 Å². The lowest BCUT2D eigenvalue weighted by Gasteiger charge is -2.59. The standard InChI is InChI=1S/C30H36N2O5/c1-4-16-32-17-15-29(24-8-6-10-27(19-24)37-22(2)33)20-25(13-14-30(29,36)21-32)31(3)28(35)12-11-23-7-5-9-26(34)18-23/h4-12,18-19,25,34,36H,1,13-17,20-21H2,2-3H3/b12-11+. The number of benzene rings is 2. The van der Waals surface area contributed by atoms with Crippen molar-refractivity contribution in [2.24, 2.45) is 0 Å². The number of nitrogens with zero attached hydrogens (tertiary/aromatic N) is 2. The smallest absolute Gasteiger partial charge is 0.308 e. The molecule has 1 saturated carbocycles. The maximum atomic E-state index is 13.1. The van der Waals surface area contributed by atoms with Crippen molar-refractivity contribution < 1.29 is 24.5 Å². The molecule has 1 aliphatic heterocycles. The van der Waals surface area contributed by atoms with Crippen molar-refractivity contribution in [2.75, 3.05) is 26.7 Å². The molecule has 196 valence electrons. The summed E-state index contributed by atoms with van der Waals surface area (Å²) in [6.07, 6.45) is 7.59. The van der Waals surface area contributed by atoms with E-state index < -0.39 is 17.0 Å². The van der Waals surface area contributed by atoms with E-state index in [0.29, 0.717) is 44.5 Å². The third-order valence-corrected chi connectivity index (χ3v) is 7.93. The summed E-state index contributed by atoms with van der Waals surface area (Å²) in [4.78, 5) is 28.7. The number of rotatable bonds is 7. The number of likely N-dealkylation sites (N-methyl/N-ethyl adjacent to an activating group) is 1. The van der Waals surface area contributed by atoms with Crippen molar-refractivity contribution in [2.45, 2.75) is 49.7 Å². The monoisotopic (exact) mass is 504 g/mol. The van der Waals surface area contributed by atoms with Gasteiger partial charge in [0, 0.05) is 44.6 Å². The molecule has 2 fully saturated rings. The number of β-amino-alcohol motifs (C(OH)–C–C–N with tert-alkyl or cyclic N) is 1. The molecule has 3 atom stereocenters. The Morgan fingerprint density at radius 1 is 1.22 bits per heavy atom. The Balaban J connectivity index is 1.63. The fourth-order valence-electron chi connectivity index (χ4n) is 6.02. The largest absolute Gasteiger partial charge is 0.508 e. The van der Waals surface area contributed by atoms with Gasteiger partial charge in [-0.1, -0.05) is 30.3 Å². The Bertz CT molecular complexity index is 1190. The number of phenols is 1. The Labute approximate surface area is 218 Å². The minimum atomic E-state index is -0.999. The lowest BCUT2D eigenvalue weighted by Crippen LogP contribution is -2.67. The molecule has 0 radical (unpaired) electrons. The van der Waals surface area contributed by atoms with Crippen LogP contribution in [0.2, 0.25) is 0 Å². The molecule has 7 nitrogen and oxygen atoms in total. The number of aromatic hydroxyl groups is 1. The van der Waals surface area contributed by atoms with Gasteiger partial charge in [-0.25, -0.2) is 0 Å². The highest BCUT2D eigenvalue weighted by molar-refractivity contribution is 5.91. The average Bonchev–Trinajstić information content (AvgIpc) is 2.86. The number of esters is 1. The van der Waals surface area contributed by atoms with Crippen LogP contribution in [-0.2, 0) is 15.0 Å². The predicted molar refractivity (Wildman–Crippen MR) is 143 cm³/mol. The summed E-state index contributed by atoms with van der Waals surface area (Å²) in [7, 11) is 1.81. The van der Waals surface area contributed by atoms with Crippen LogP contribution in [0.1, 0.15) is 43.7 Å². The molecule has 0 bridgehead atoms. The van der Waals surface area contributed by atoms with E-state index in [4.69, 9.17) is 4.74 Å². The molecular weight excluding hydrogens is 468 g/mol. The topological polar surface area (TPSA) is 90.3 Å². The van der Waals surface area contributed by atoms with Gasteiger partial charge in [-0.2, -0.15) is 0 Å². The Kier molecular flexibility index (Phi) is 7.85. The van der Waals surface area contributed by atoms with Gasteiger partial charge < -0.3 is 19.8 Å². The van der Waals surface area contributed by atoms with Gasteiger partial charge in [0.15, 0.2) is 0 Å². The Morgan fingerprint density at radius 3 is 2.73 bits per heavy atom. The Morgan fingerprint density at radius 2 is 2.00 bits per heavy atom. The molecule has 37 heavy (non-hydrogen) atoms. The first kappa shape index (κ1) is 26.6. The summed E-state index contributed by atoms with van der Waals surface area (Å²) >= 11 is 0. The van der Waals surface area contributed by atoms with E-state index in [1.807, 2.05) is 30.3 Å². The molecule has 1 amide bonds. The van der Waals surface area contributed by atoms with Crippen molar-refractivity contribution in [3.63, 3.8) is 0 Å². The van der Waals surface area contributed by atoms with Crippen molar-refractivity contribution in [1.82, 2.24) is 9.80 Å². The lowest BCUT2D eigenvalue weighted by atomic mass is 9.55. The van der Waals surface area contributed by atoms with Gasteiger partial charge in [0.05, 0.1) is 5.60 Å². The second kappa shape index (κ2) is 10.9. The molecule has 0 spiro atoms. The molecule has 1 saturated heterocycles. The van der Waals surface area contributed by atoms with Crippen LogP contribution in [-0.4, -0.2) is 70.2 Å². The molecule has 1 aliphatic carbocycles. The Hall–Kier alpha value is -3.42. The summed E-state index contributed by atoms with van der Waals surface area (Å²) in [5.74, 6) is 0.0777. The highest BCUT2D eigenvalue weighted by atomic mass is 16.5. The van der Waals surface area contributed by atoms with Crippen LogP contribution in [0.3, 0.4) is 0 Å². The number of phenolic OH excluding ortho intramolecular Hbond substituents is 1. The zero-order valence-corrected chi connectivity index (χ0v) is 21.6. The van der Waals surface area contributed by atoms with Gasteiger partial charge in [0.1, 0.15) is 11.5 Å². The number of piperidine rings is 1. The minimum Gasteiger partial charge on any atom is -0.508 e. The highest BCUT2D eigenvalue weighted by Crippen LogP contribution is 2.52. The first-order valence-electron chi connectivity index (χ1n) is 12.7. The minimum absolute atomic E-state index is 0.0788. The van der Waals surface area contributed by atoms with E-state index >= 15 is 0 Å². The molecular formula is C30H36N2O5. The first-order chi connectivity index (χ1) is 17.7. The second-order valence-corrected chi connectivity index (χ2v) is 10.3. The van der Waals surface area contributed by atoms with Crippen LogP contribution >= 0.6 is 0 Å². The number of ether oxygens (including phenoxy) is 1. The van der Waals surface area contributed by atoms with Crippen molar-refractivity contribution >= 4 is 18.0 Å². The van der Waals surface area contributed by atoms with E-state index in [0.717, 1.165) is 17.7 Å².